The molecule has 0 atom stereocenters. The predicted octanol–water partition coefficient (Wildman–Crippen LogP) is 2.58. The van der Waals surface area contributed by atoms with Gasteiger partial charge in [-0.1, -0.05) is 18.2 Å². The summed E-state index contributed by atoms with van der Waals surface area (Å²) in [5.74, 6) is 1.62. The summed E-state index contributed by atoms with van der Waals surface area (Å²) < 4.78 is 5.21. The third-order valence-electron chi connectivity index (χ3n) is 4.78. The quantitative estimate of drug-likeness (QED) is 0.675. The number of nitrogens with zero attached hydrogens (tertiary/aromatic N) is 6. The standard InChI is InChI=1S/C20H22N6O2/c1-2-26(16-7-4-3-5-8-16)18-15-21-23-20(22-18)25-12-10-24(11-13-25)19(27)17-9-6-14-28-17/h3-9,14-15H,2,10-13H2,1H3. The number of benzene rings is 1. The lowest BCUT2D eigenvalue weighted by molar-refractivity contribution is 0.0714. The smallest absolute Gasteiger partial charge is 0.289 e. The van der Waals surface area contributed by atoms with E-state index in [-0.39, 0.29) is 5.91 Å². The largest absolute Gasteiger partial charge is 0.459 e. The molecule has 0 radical (unpaired) electrons. The molecule has 8 nitrogen and oxygen atoms in total. The Balaban J connectivity index is 1.46. The Morgan fingerprint density at radius 2 is 1.89 bits per heavy atom. The van der Waals surface area contributed by atoms with Gasteiger partial charge in [0.1, 0.15) is 0 Å². The van der Waals surface area contributed by atoms with Crippen LogP contribution in [0.1, 0.15) is 17.5 Å². The fourth-order valence-corrected chi connectivity index (χ4v) is 3.30. The van der Waals surface area contributed by atoms with E-state index in [0.717, 1.165) is 18.1 Å². The van der Waals surface area contributed by atoms with Crippen LogP contribution in [0.25, 0.3) is 0 Å². The first kappa shape index (κ1) is 18.0. The highest BCUT2D eigenvalue weighted by molar-refractivity contribution is 5.91. The molecule has 0 spiro atoms. The highest BCUT2D eigenvalue weighted by Gasteiger charge is 2.25. The van der Waals surface area contributed by atoms with E-state index in [1.165, 1.54) is 6.26 Å². The fraction of sp³-hybridized carbons (Fsp3) is 0.300. The van der Waals surface area contributed by atoms with Gasteiger partial charge in [0.05, 0.1) is 12.5 Å². The number of anilines is 3. The Hall–Kier alpha value is -3.42. The minimum atomic E-state index is -0.0846. The van der Waals surface area contributed by atoms with Crippen LogP contribution in [0.2, 0.25) is 0 Å². The minimum absolute atomic E-state index is 0.0846. The van der Waals surface area contributed by atoms with Crippen molar-refractivity contribution in [2.24, 2.45) is 0 Å². The normalized spacial score (nSPS) is 14.2. The Labute approximate surface area is 163 Å². The number of carbonyl (C=O) groups excluding carboxylic acids is 1. The van der Waals surface area contributed by atoms with E-state index in [1.54, 1.807) is 23.2 Å². The van der Waals surface area contributed by atoms with E-state index in [0.29, 0.717) is 37.9 Å². The average Bonchev–Trinajstić information content (AvgIpc) is 3.30. The van der Waals surface area contributed by atoms with Gasteiger partial charge in [0.15, 0.2) is 11.6 Å². The number of aromatic nitrogens is 3. The summed E-state index contributed by atoms with van der Waals surface area (Å²) in [4.78, 5) is 23.1. The first-order valence-electron chi connectivity index (χ1n) is 9.36. The Kier molecular flexibility index (Phi) is 5.18. The van der Waals surface area contributed by atoms with E-state index >= 15 is 0 Å². The number of amides is 1. The van der Waals surface area contributed by atoms with Gasteiger partial charge in [-0.15, -0.1) is 5.10 Å². The molecule has 144 valence electrons. The Bertz CT molecular complexity index is 907. The topological polar surface area (TPSA) is 78.6 Å². The molecule has 1 aliphatic rings. The summed E-state index contributed by atoms with van der Waals surface area (Å²) in [6, 6.07) is 13.5. The SMILES string of the molecule is CCN(c1ccccc1)c1cnnc(N2CCN(C(=O)c3ccco3)CC2)n1. The monoisotopic (exact) mass is 378 g/mol. The number of hydrogen-bond acceptors (Lipinski definition) is 7. The molecule has 0 saturated carbocycles. The summed E-state index contributed by atoms with van der Waals surface area (Å²) in [7, 11) is 0. The van der Waals surface area contributed by atoms with Gasteiger partial charge in [-0.3, -0.25) is 4.79 Å². The van der Waals surface area contributed by atoms with Crippen molar-refractivity contribution in [2.45, 2.75) is 6.92 Å². The second-order valence-corrected chi connectivity index (χ2v) is 6.45. The molecule has 8 heteroatoms. The van der Waals surface area contributed by atoms with E-state index in [4.69, 9.17) is 9.40 Å². The molecule has 1 amide bonds. The van der Waals surface area contributed by atoms with Crippen LogP contribution in [-0.2, 0) is 0 Å². The molecule has 3 aromatic rings. The maximum Gasteiger partial charge on any atom is 0.289 e. The maximum atomic E-state index is 12.4. The van der Waals surface area contributed by atoms with Crippen LogP contribution in [0.15, 0.2) is 59.3 Å². The van der Waals surface area contributed by atoms with Crippen LogP contribution in [0.5, 0.6) is 0 Å². The molecule has 0 N–H and O–H groups in total. The molecular formula is C20H22N6O2. The molecule has 1 aliphatic heterocycles. The van der Waals surface area contributed by atoms with Crippen molar-refractivity contribution in [3.63, 3.8) is 0 Å². The van der Waals surface area contributed by atoms with E-state index in [2.05, 4.69) is 26.9 Å². The van der Waals surface area contributed by atoms with Crippen LogP contribution < -0.4 is 9.80 Å². The molecular weight excluding hydrogens is 356 g/mol. The van der Waals surface area contributed by atoms with E-state index in [1.807, 2.05) is 30.3 Å². The molecule has 28 heavy (non-hydrogen) atoms. The molecule has 0 unspecified atom stereocenters. The summed E-state index contributed by atoms with van der Waals surface area (Å²) in [5.41, 5.74) is 1.06. The second kappa shape index (κ2) is 8.08. The van der Waals surface area contributed by atoms with Crippen LogP contribution in [0.4, 0.5) is 17.5 Å². The minimum Gasteiger partial charge on any atom is -0.459 e. The van der Waals surface area contributed by atoms with Crippen molar-refractivity contribution in [1.82, 2.24) is 20.1 Å². The summed E-state index contributed by atoms with van der Waals surface area (Å²) in [6.45, 7) is 5.32. The van der Waals surface area contributed by atoms with Gasteiger partial charge < -0.3 is 19.1 Å². The van der Waals surface area contributed by atoms with Crippen molar-refractivity contribution in [3.8, 4) is 0 Å². The van der Waals surface area contributed by atoms with Gasteiger partial charge in [0, 0.05) is 38.4 Å². The molecule has 1 saturated heterocycles. The third kappa shape index (κ3) is 3.66. The predicted molar refractivity (Wildman–Crippen MR) is 106 cm³/mol. The molecule has 4 rings (SSSR count). The summed E-state index contributed by atoms with van der Waals surface area (Å²) >= 11 is 0. The highest BCUT2D eigenvalue weighted by atomic mass is 16.3. The van der Waals surface area contributed by atoms with E-state index in [9.17, 15) is 4.79 Å². The van der Waals surface area contributed by atoms with E-state index < -0.39 is 0 Å². The number of furan rings is 1. The fourth-order valence-electron chi connectivity index (χ4n) is 3.30. The van der Waals surface area contributed by atoms with Crippen LogP contribution in [-0.4, -0.2) is 58.7 Å². The van der Waals surface area contributed by atoms with Gasteiger partial charge in [-0.05, 0) is 31.2 Å². The van der Waals surface area contributed by atoms with Crippen LogP contribution >= 0.6 is 0 Å². The first-order valence-corrected chi connectivity index (χ1v) is 9.36. The van der Waals surface area contributed by atoms with Crippen molar-refractivity contribution < 1.29 is 9.21 Å². The van der Waals surface area contributed by atoms with Gasteiger partial charge in [-0.2, -0.15) is 10.1 Å². The number of para-hydroxylation sites is 1. The Morgan fingerprint density at radius 1 is 1.11 bits per heavy atom. The van der Waals surface area contributed by atoms with Gasteiger partial charge in [0.25, 0.3) is 5.91 Å². The maximum absolute atomic E-state index is 12.4. The van der Waals surface area contributed by atoms with Crippen molar-refractivity contribution in [2.75, 3.05) is 42.5 Å². The average molecular weight is 378 g/mol. The number of rotatable bonds is 5. The molecule has 2 aromatic heterocycles. The van der Waals surface area contributed by atoms with Gasteiger partial charge in [0.2, 0.25) is 5.95 Å². The first-order chi connectivity index (χ1) is 13.8. The zero-order chi connectivity index (χ0) is 19.3. The van der Waals surface area contributed by atoms with Crippen LogP contribution in [0, 0.1) is 0 Å². The summed E-state index contributed by atoms with van der Waals surface area (Å²) in [6.07, 6.45) is 3.19. The van der Waals surface area contributed by atoms with Gasteiger partial charge in [-0.25, -0.2) is 0 Å². The second-order valence-electron chi connectivity index (χ2n) is 6.45. The Morgan fingerprint density at radius 3 is 2.57 bits per heavy atom. The van der Waals surface area contributed by atoms with Crippen molar-refractivity contribution in [1.29, 1.82) is 0 Å². The third-order valence-corrected chi connectivity index (χ3v) is 4.78. The zero-order valence-electron chi connectivity index (χ0n) is 15.7. The molecule has 0 bridgehead atoms. The van der Waals surface area contributed by atoms with Crippen LogP contribution in [0.3, 0.4) is 0 Å². The van der Waals surface area contributed by atoms with Gasteiger partial charge >= 0.3 is 0 Å². The van der Waals surface area contributed by atoms with Crippen molar-refractivity contribution >= 4 is 23.4 Å². The lowest BCUT2D eigenvalue weighted by atomic mass is 10.3. The number of piperazine rings is 1. The molecule has 1 fully saturated rings. The molecule has 1 aromatic carbocycles. The number of carbonyl (C=O) groups is 1. The zero-order valence-corrected chi connectivity index (χ0v) is 15.7. The lowest BCUT2D eigenvalue weighted by Gasteiger charge is -2.34. The van der Waals surface area contributed by atoms with Crippen molar-refractivity contribution in [3.05, 3.63) is 60.7 Å². The molecule has 0 aliphatic carbocycles. The highest BCUT2D eigenvalue weighted by Crippen LogP contribution is 2.23. The lowest BCUT2D eigenvalue weighted by Crippen LogP contribution is -2.49. The molecule has 3 heterocycles. The number of hydrogen-bond donors (Lipinski definition) is 0. The summed E-state index contributed by atoms with van der Waals surface area (Å²) in [5, 5.41) is 8.37.